The highest BCUT2D eigenvalue weighted by molar-refractivity contribution is 5.81. The van der Waals surface area contributed by atoms with Gasteiger partial charge in [0.2, 0.25) is 0 Å². The summed E-state index contributed by atoms with van der Waals surface area (Å²) >= 11 is 0. The normalized spacial score (nSPS) is 16.1. The van der Waals surface area contributed by atoms with E-state index in [4.69, 9.17) is 4.74 Å². The molecule has 3 nitrogen and oxygen atoms in total. The maximum Gasteiger partial charge on any atom is 0.119 e. The quantitative estimate of drug-likeness (QED) is 0.815. The summed E-state index contributed by atoms with van der Waals surface area (Å²) < 4.78 is 7.58. The zero-order valence-electron chi connectivity index (χ0n) is 12.3. The zero-order chi connectivity index (χ0) is 13.8. The molecule has 0 saturated heterocycles. The number of methoxy groups -OCH3 is 1. The van der Waals surface area contributed by atoms with Crippen LogP contribution in [0.1, 0.15) is 25.7 Å². The fourth-order valence-corrected chi connectivity index (χ4v) is 3.22. The molecule has 1 N–H and O–H groups in total. The molecule has 1 heterocycles. The molecule has 0 aliphatic heterocycles. The first-order chi connectivity index (χ1) is 9.86. The number of rotatable bonds is 6. The zero-order valence-corrected chi connectivity index (χ0v) is 12.3. The first-order valence-electron chi connectivity index (χ1n) is 7.70. The Morgan fingerprint density at radius 2 is 2.10 bits per heavy atom. The molecule has 20 heavy (non-hydrogen) atoms. The Balaban J connectivity index is 1.54. The molecule has 2 aromatic rings. The summed E-state index contributed by atoms with van der Waals surface area (Å²) in [7, 11) is 1.71. The molecule has 1 aromatic heterocycles. The van der Waals surface area contributed by atoms with E-state index in [0.29, 0.717) is 0 Å². The minimum absolute atomic E-state index is 0.917. The number of aromatic nitrogens is 1. The molecule has 0 radical (unpaired) electrons. The molecular formula is C17H24N2O. The molecule has 0 bridgehead atoms. The predicted octanol–water partition coefficient (Wildman–Crippen LogP) is 3.43. The number of fused-ring (bicyclic) bond motifs is 1. The van der Waals surface area contributed by atoms with E-state index in [0.717, 1.165) is 24.8 Å². The molecular weight excluding hydrogens is 248 g/mol. The van der Waals surface area contributed by atoms with Crippen LogP contribution < -0.4 is 10.1 Å². The molecule has 3 rings (SSSR count). The Labute approximate surface area is 120 Å². The molecule has 1 fully saturated rings. The van der Waals surface area contributed by atoms with Gasteiger partial charge in [-0.1, -0.05) is 12.8 Å². The summed E-state index contributed by atoms with van der Waals surface area (Å²) in [6.45, 7) is 3.27. The van der Waals surface area contributed by atoms with Crippen LogP contribution in [0.25, 0.3) is 10.9 Å². The van der Waals surface area contributed by atoms with Crippen LogP contribution in [0, 0.1) is 5.92 Å². The minimum Gasteiger partial charge on any atom is -0.497 e. The van der Waals surface area contributed by atoms with Gasteiger partial charge in [-0.05, 0) is 49.6 Å². The van der Waals surface area contributed by atoms with Crippen LogP contribution in [-0.2, 0) is 6.54 Å². The minimum atomic E-state index is 0.917. The van der Waals surface area contributed by atoms with Gasteiger partial charge in [0.25, 0.3) is 0 Å². The van der Waals surface area contributed by atoms with Gasteiger partial charge in [0.05, 0.1) is 7.11 Å². The van der Waals surface area contributed by atoms with Crippen LogP contribution in [0.3, 0.4) is 0 Å². The highest BCUT2D eigenvalue weighted by Gasteiger charge is 2.13. The van der Waals surface area contributed by atoms with Gasteiger partial charge in [0.15, 0.2) is 0 Å². The second kappa shape index (κ2) is 6.31. The first kappa shape index (κ1) is 13.5. The van der Waals surface area contributed by atoms with Crippen molar-refractivity contribution in [2.75, 3.05) is 20.2 Å². The predicted molar refractivity (Wildman–Crippen MR) is 83.3 cm³/mol. The van der Waals surface area contributed by atoms with Gasteiger partial charge in [0.1, 0.15) is 5.75 Å². The summed E-state index contributed by atoms with van der Waals surface area (Å²) in [4.78, 5) is 0. The number of nitrogens with one attached hydrogen (secondary N) is 1. The average molecular weight is 272 g/mol. The summed E-state index contributed by atoms with van der Waals surface area (Å²) in [5.41, 5.74) is 1.29. The summed E-state index contributed by atoms with van der Waals surface area (Å²) in [6, 6.07) is 8.43. The Bertz CT molecular complexity index is 555. The van der Waals surface area contributed by atoms with Crippen LogP contribution >= 0.6 is 0 Å². The van der Waals surface area contributed by atoms with Gasteiger partial charge < -0.3 is 14.6 Å². The van der Waals surface area contributed by atoms with E-state index in [1.54, 1.807) is 7.11 Å². The number of hydrogen-bond acceptors (Lipinski definition) is 2. The monoisotopic (exact) mass is 272 g/mol. The van der Waals surface area contributed by atoms with Crippen molar-refractivity contribution in [3.63, 3.8) is 0 Å². The van der Waals surface area contributed by atoms with E-state index in [2.05, 4.69) is 34.3 Å². The highest BCUT2D eigenvalue weighted by Crippen LogP contribution is 2.24. The molecule has 1 aliphatic rings. The maximum absolute atomic E-state index is 5.27. The standard InChI is InChI=1S/C17H24N2O/c1-20-16-6-7-17-15(12-16)8-10-19(17)11-9-18-13-14-4-2-3-5-14/h6-8,10,12,14,18H,2-5,9,11,13H2,1H3. The van der Waals surface area contributed by atoms with E-state index in [1.807, 2.05) is 6.07 Å². The summed E-state index contributed by atoms with van der Waals surface area (Å²) in [5, 5.41) is 4.86. The van der Waals surface area contributed by atoms with Gasteiger partial charge in [-0.25, -0.2) is 0 Å². The molecule has 1 aromatic carbocycles. The number of benzene rings is 1. The maximum atomic E-state index is 5.27. The van der Waals surface area contributed by atoms with Crippen molar-refractivity contribution in [1.29, 1.82) is 0 Å². The van der Waals surface area contributed by atoms with Crippen molar-refractivity contribution in [1.82, 2.24) is 9.88 Å². The van der Waals surface area contributed by atoms with Crippen molar-refractivity contribution in [2.45, 2.75) is 32.2 Å². The second-order valence-electron chi connectivity index (χ2n) is 5.79. The lowest BCUT2D eigenvalue weighted by molar-refractivity contribution is 0.415. The lowest BCUT2D eigenvalue weighted by atomic mass is 10.1. The van der Waals surface area contributed by atoms with Gasteiger partial charge in [-0.15, -0.1) is 0 Å². The second-order valence-corrected chi connectivity index (χ2v) is 5.79. The lowest BCUT2D eigenvalue weighted by Crippen LogP contribution is -2.25. The SMILES string of the molecule is COc1ccc2c(ccn2CCNCC2CCCC2)c1. The van der Waals surface area contributed by atoms with Crippen molar-refractivity contribution >= 4 is 10.9 Å². The molecule has 0 atom stereocenters. The largest absolute Gasteiger partial charge is 0.497 e. The van der Waals surface area contributed by atoms with Gasteiger partial charge in [0, 0.05) is 30.2 Å². The Morgan fingerprint density at radius 3 is 2.90 bits per heavy atom. The molecule has 0 unspecified atom stereocenters. The summed E-state index contributed by atoms with van der Waals surface area (Å²) in [6.07, 6.45) is 7.85. The van der Waals surface area contributed by atoms with E-state index in [-0.39, 0.29) is 0 Å². The number of ether oxygens (including phenoxy) is 1. The Morgan fingerprint density at radius 1 is 1.25 bits per heavy atom. The van der Waals surface area contributed by atoms with Crippen LogP contribution in [0.4, 0.5) is 0 Å². The fraction of sp³-hybridized carbons (Fsp3) is 0.529. The topological polar surface area (TPSA) is 26.2 Å². The fourth-order valence-electron chi connectivity index (χ4n) is 3.22. The first-order valence-corrected chi connectivity index (χ1v) is 7.70. The van der Waals surface area contributed by atoms with Crippen LogP contribution in [0.15, 0.2) is 30.5 Å². The third-order valence-corrected chi connectivity index (χ3v) is 4.42. The Kier molecular flexibility index (Phi) is 4.26. The van der Waals surface area contributed by atoms with Gasteiger partial charge in [-0.3, -0.25) is 0 Å². The highest BCUT2D eigenvalue weighted by atomic mass is 16.5. The molecule has 1 aliphatic carbocycles. The molecule has 0 amide bonds. The number of hydrogen-bond donors (Lipinski definition) is 1. The van der Waals surface area contributed by atoms with Crippen LogP contribution in [0.2, 0.25) is 0 Å². The molecule has 0 spiro atoms. The van der Waals surface area contributed by atoms with Crippen molar-refractivity contribution < 1.29 is 4.74 Å². The van der Waals surface area contributed by atoms with E-state index >= 15 is 0 Å². The molecule has 1 saturated carbocycles. The Hall–Kier alpha value is -1.48. The molecule has 108 valence electrons. The van der Waals surface area contributed by atoms with Crippen molar-refractivity contribution in [2.24, 2.45) is 5.92 Å². The van der Waals surface area contributed by atoms with Crippen molar-refractivity contribution in [3.05, 3.63) is 30.5 Å². The number of nitrogens with zero attached hydrogens (tertiary/aromatic N) is 1. The lowest BCUT2D eigenvalue weighted by Gasteiger charge is -2.11. The van der Waals surface area contributed by atoms with E-state index < -0.39 is 0 Å². The van der Waals surface area contributed by atoms with Crippen molar-refractivity contribution in [3.8, 4) is 5.75 Å². The molecule has 3 heteroatoms. The third-order valence-electron chi connectivity index (χ3n) is 4.42. The van der Waals surface area contributed by atoms with E-state index in [1.165, 1.54) is 43.1 Å². The van der Waals surface area contributed by atoms with Crippen LogP contribution in [-0.4, -0.2) is 24.8 Å². The average Bonchev–Trinajstić information content (AvgIpc) is 3.12. The van der Waals surface area contributed by atoms with Crippen LogP contribution in [0.5, 0.6) is 5.75 Å². The smallest absolute Gasteiger partial charge is 0.119 e. The van der Waals surface area contributed by atoms with E-state index in [9.17, 15) is 0 Å². The van der Waals surface area contributed by atoms with Gasteiger partial charge >= 0.3 is 0 Å². The van der Waals surface area contributed by atoms with Gasteiger partial charge in [-0.2, -0.15) is 0 Å². The summed E-state index contributed by atoms with van der Waals surface area (Å²) in [5.74, 6) is 1.84. The third kappa shape index (κ3) is 2.98.